The molecule has 0 aliphatic carbocycles. The highest BCUT2D eigenvalue weighted by Gasteiger charge is 2.16. The maximum atomic E-state index is 12.4. The number of nitrogens with one attached hydrogen (secondary N) is 2. The first-order chi connectivity index (χ1) is 12.3. The maximum absolute atomic E-state index is 12.4. The predicted molar refractivity (Wildman–Crippen MR) is 101 cm³/mol. The van der Waals surface area contributed by atoms with Gasteiger partial charge in [0.2, 0.25) is 5.95 Å². The molecule has 0 atom stereocenters. The van der Waals surface area contributed by atoms with Crippen molar-refractivity contribution in [1.29, 1.82) is 0 Å². The molecule has 0 saturated heterocycles. The van der Waals surface area contributed by atoms with E-state index in [0.717, 1.165) is 5.56 Å². The number of halogens is 1. The third kappa shape index (κ3) is 4.12. The normalized spacial score (nSPS) is 11.3. The van der Waals surface area contributed by atoms with E-state index in [1.807, 2.05) is 12.1 Å². The van der Waals surface area contributed by atoms with Crippen LogP contribution in [0.15, 0.2) is 64.3 Å². The zero-order valence-corrected chi connectivity index (χ0v) is 15.4. The van der Waals surface area contributed by atoms with Crippen molar-refractivity contribution in [3.63, 3.8) is 0 Å². The average molecular weight is 390 g/mol. The molecule has 0 fully saturated rings. The van der Waals surface area contributed by atoms with Crippen molar-refractivity contribution in [2.45, 2.75) is 18.2 Å². The van der Waals surface area contributed by atoms with Gasteiger partial charge < -0.3 is 0 Å². The van der Waals surface area contributed by atoms with E-state index >= 15 is 0 Å². The molecular formula is C18H16ClN3O3S. The van der Waals surface area contributed by atoms with Gasteiger partial charge >= 0.3 is 0 Å². The van der Waals surface area contributed by atoms with E-state index < -0.39 is 15.6 Å². The summed E-state index contributed by atoms with van der Waals surface area (Å²) in [7, 11) is -3.82. The highest BCUT2D eigenvalue weighted by molar-refractivity contribution is 7.92. The first kappa shape index (κ1) is 18.2. The van der Waals surface area contributed by atoms with Gasteiger partial charge in [0.1, 0.15) is 0 Å². The van der Waals surface area contributed by atoms with Crippen LogP contribution in [0.4, 0.5) is 5.95 Å². The number of sulfonamides is 1. The number of hydrogen-bond donors (Lipinski definition) is 2. The third-order valence-electron chi connectivity index (χ3n) is 3.80. The van der Waals surface area contributed by atoms with Crippen LogP contribution in [0.2, 0.25) is 5.02 Å². The molecule has 6 nitrogen and oxygen atoms in total. The lowest BCUT2D eigenvalue weighted by Gasteiger charge is -2.10. The first-order valence-corrected chi connectivity index (χ1v) is 9.63. The van der Waals surface area contributed by atoms with Crippen molar-refractivity contribution in [3.8, 4) is 0 Å². The smallest absolute Gasteiger partial charge is 0.264 e. The Hall–Kier alpha value is -2.64. The molecule has 134 valence electrons. The van der Waals surface area contributed by atoms with Crippen LogP contribution in [-0.4, -0.2) is 18.4 Å². The quantitative estimate of drug-likeness (QED) is 0.701. The molecule has 2 aromatic carbocycles. The van der Waals surface area contributed by atoms with E-state index in [-0.39, 0.29) is 10.8 Å². The lowest BCUT2D eigenvalue weighted by molar-refractivity contribution is 0.600. The summed E-state index contributed by atoms with van der Waals surface area (Å²) in [5.74, 6) is -0.115. The fourth-order valence-corrected chi connectivity index (χ4v) is 3.57. The minimum absolute atomic E-state index is 0.0885. The number of aromatic amines is 1. The second-order valence-electron chi connectivity index (χ2n) is 5.70. The molecule has 1 aromatic heterocycles. The molecular weight excluding hydrogens is 374 g/mol. The summed E-state index contributed by atoms with van der Waals surface area (Å²) in [5.41, 5.74) is 1.44. The summed E-state index contributed by atoms with van der Waals surface area (Å²) in [4.78, 5) is 19.2. The summed E-state index contributed by atoms with van der Waals surface area (Å²) in [5, 5.41) is 0.614. The molecule has 26 heavy (non-hydrogen) atoms. The molecule has 0 unspecified atom stereocenters. The Balaban J connectivity index is 1.88. The van der Waals surface area contributed by atoms with E-state index in [1.54, 1.807) is 37.3 Å². The SMILES string of the molecule is Cc1nc(NS(=O)(=O)c2ccccc2)[nH]c(=O)c1Cc1ccc(Cl)cc1. The standard InChI is InChI=1S/C18H16ClN3O3S/c1-12-16(11-13-7-9-14(19)10-8-13)17(23)21-18(20-12)22-26(24,25)15-5-3-2-4-6-15/h2-10H,11H2,1H3,(H2,20,21,22,23). The van der Waals surface area contributed by atoms with Gasteiger partial charge in [-0.2, -0.15) is 0 Å². The van der Waals surface area contributed by atoms with E-state index in [0.29, 0.717) is 22.7 Å². The van der Waals surface area contributed by atoms with Gasteiger partial charge in [-0.3, -0.25) is 9.78 Å². The van der Waals surface area contributed by atoms with Crippen LogP contribution in [0, 0.1) is 6.92 Å². The lowest BCUT2D eigenvalue weighted by Crippen LogP contribution is -2.22. The van der Waals surface area contributed by atoms with E-state index in [2.05, 4.69) is 14.7 Å². The predicted octanol–water partition coefficient (Wildman–Crippen LogP) is 3.12. The Morgan fingerprint density at radius 3 is 2.35 bits per heavy atom. The van der Waals surface area contributed by atoms with Crippen molar-refractivity contribution < 1.29 is 8.42 Å². The number of anilines is 1. The molecule has 0 aliphatic rings. The maximum Gasteiger partial charge on any atom is 0.264 e. The van der Waals surface area contributed by atoms with Crippen LogP contribution in [-0.2, 0) is 16.4 Å². The Morgan fingerprint density at radius 2 is 1.73 bits per heavy atom. The highest BCUT2D eigenvalue weighted by Crippen LogP contribution is 2.15. The molecule has 0 saturated carbocycles. The fourth-order valence-electron chi connectivity index (χ4n) is 2.46. The molecule has 2 N–H and O–H groups in total. The van der Waals surface area contributed by atoms with Crippen molar-refractivity contribution >= 4 is 27.6 Å². The van der Waals surface area contributed by atoms with Gasteiger partial charge in [0.25, 0.3) is 15.6 Å². The molecule has 8 heteroatoms. The van der Waals surface area contributed by atoms with Gasteiger partial charge in [0, 0.05) is 17.0 Å². The van der Waals surface area contributed by atoms with Gasteiger partial charge in [0.05, 0.1) is 10.6 Å². The number of hydrogen-bond acceptors (Lipinski definition) is 4. The number of benzene rings is 2. The second-order valence-corrected chi connectivity index (χ2v) is 7.82. The molecule has 0 amide bonds. The lowest BCUT2D eigenvalue weighted by atomic mass is 10.1. The number of nitrogens with zero attached hydrogens (tertiary/aromatic N) is 1. The van der Waals surface area contributed by atoms with Crippen LogP contribution in [0.1, 0.15) is 16.8 Å². The molecule has 0 aliphatic heterocycles. The molecule has 0 radical (unpaired) electrons. The summed E-state index contributed by atoms with van der Waals surface area (Å²) >= 11 is 5.86. The average Bonchev–Trinajstić information content (AvgIpc) is 2.60. The zero-order valence-electron chi connectivity index (χ0n) is 13.9. The van der Waals surface area contributed by atoms with Gasteiger partial charge in [-0.15, -0.1) is 0 Å². The third-order valence-corrected chi connectivity index (χ3v) is 5.41. The van der Waals surface area contributed by atoms with E-state index in [1.165, 1.54) is 12.1 Å². The summed E-state index contributed by atoms with van der Waals surface area (Å²) in [6, 6.07) is 15.0. The Labute approximate surface area is 155 Å². The summed E-state index contributed by atoms with van der Waals surface area (Å²) < 4.78 is 27.0. The summed E-state index contributed by atoms with van der Waals surface area (Å²) in [6.07, 6.45) is 0.372. The fraction of sp³-hybridized carbons (Fsp3) is 0.111. The van der Waals surface area contributed by atoms with Crippen LogP contribution in [0.3, 0.4) is 0 Å². The number of H-pyrrole nitrogens is 1. The molecule has 1 heterocycles. The van der Waals surface area contributed by atoms with Crippen LogP contribution >= 0.6 is 11.6 Å². The zero-order chi connectivity index (χ0) is 18.7. The Bertz CT molecular complexity index is 1080. The molecule has 3 rings (SSSR count). The van der Waals surface area contributed by atoms with Gasteiger partial charge in [0.15, 0.2) is 0 Å². The van der Waals surface area contributed by atoms with Crippen molar-refractivity contribution in [2.75, 3.05) is 4.72 Å². The minimum Gasteiger partial charge on any atom is -0.292 e. The number of aromatic nitrogens is 2. The molecule has 0 bridgehead atoms. The molecule has 0 spiro atoms. The Morgan fingerprint density at radius 1 is 1.08 bits per heavy atom. The van der Waals surface area contributed by atoms with Crippen molar-refractivity contribution in [2.24, 2.45) is 0 Å². The van der Waals surface area contributed by atoms with Crippen molar-refractivity contribution in [3.05, 3.63) is 86.8 Å². The van der Waals surface area contributed by atoms with Gasteiger partial charge in [-0.1, -0.05) is 41.9 Å². The van der Waals surface area contributed by atoms with Gasteiger partial charge in [-0.25, -0.2) is 18.1 Å². The largest absolute Gasteiger partial charge is 0.292 e. The first-order valence-electron chi connectivity index (χ1n) is 7.77. The number of aryl methyl sites for hydroxylation is 1. The second kappa shape index (κ2) is 7.31. The summed E-state index contributed by atoms with van der Waals surface area (Å²) in [6.45, 7) is 1.67. The van der Waals surface area contributed by atoms with E-state index in [4.69, 9.17) is 11.6 Å². The minimum atomic E-state index is -3.82. The van der Waals surface area contributed by atoms with E-state index in [9.17, 15) is 13.2 Å². The van der Waals surface area contributed by atoms with Crippen molar-refractivity contribution in [1.82, 2.24) is 9.97 Å². The number of rotatable bonds is 5. The Kier molecular flexibility index (Phi) is 5.11. The van der Waals surface area contributed by atoms with Crippen LogP contribution < -0.4 is 10.3 Å². The topological polar surface area (TPSA) is 91.9 Å². The highest BCUT2D eigenvalue weighted by atomic mass is 35.5. The van der Waals surface area contributed by atoms with Crippen LogP contribution in [0.25, 0.3) is 0 Å². The monoisotopic (exact) mass is 389 g/mol. The van der Waals surface area contributed by atoms with Gasteiger partial charge in [-0.05, 0) is 36.8 Å². The van der Waals surface area contributed by atoms with Crippen LogP contribution in [0.5, 0.6) is 0 Å². The molecule has 3 aromatic rings.